The first-order valence-corrected chi connectivity index (χ1v) is 9.86. The van der Waals surface area contributed by atoms with E-state index in [9.17, 15) is 23.1 Å². The predicted octanol–water partition coefficient (Wildman–Crippen LogP) is 3.33. The molecule has 1 unspecified atom stereocenters. The minimum Gasteiger partial charge on any atom is -0.393 e. The van der Waals surface area contributed by atoms with Gasteiger partial charge in [-0.1, -0.05) is 23.2 Å². The average Bonchev–Trinajstić information content (AvgIpc) is 3.24. The molecule has 2 atom stereocenters. The number of nitrogens with zero attached hydrogens (tertiary/aromatic N) is 5. The van der Waals surface area contributed by atoms with Crippen LogP contribution in [-0.4, -0.2) is 55.2 Å². The Kier molecular flexibility index (Phi) is 5.44. The van der Waals surface area contributed by atoms with Crippen molar-refractivity contribution < 1.29 is 28.2 Å². The van der Waals surface area contributed by atoms with Crippen LogP contribution >= 0.6 is 23.2 Å². The zero-order valence-corrected chi connectivity index (χ0v) is 17.7. The maximum atomic E-state index is 14.1. The van der Waals surface area contributed by atoms with Gasteiger partial charge in [-0.15, -0.1) is 0 Å². The lowest BCUT2D eigenvalue weighted by Gasteiger charge is -2.28. The fourth-order valence-corrected chi connectivity index (χ4v) is 4.00. The van der Waals surface area contributed by atoms with Gasteiger partial charge in [0.2, 0.25) is 0 Å². The highest BCUT2D eigenvalue weighted by Crippen LogP contribution is 2.50. The first-order valence-electron chi connectivity index (χ1n) is 9.10. The van der Waals surface area contributed by atoms with Crippen LogP contribution in [-0.2, 0) is 5.41 Å². The Morgan fingerprint density at radius 1 is 1.31 bits per heavy atom. The molecule has 14 heteroatoms. The fraction of sp³-hybridized carbons (Fsp3) is 0.333. The molecule has 0 radical (unpaired) electrons. The topological polar surface area (TPSA) is 116 Å². The van der Waals surface area contributed by atoms with Crippen molar-refractivity contribution in [2.75, 3.05) is 23.4 Å². The quantitative estimate of drug-likeness (QED) is 0.518. The largest absolute Gasteiger partial charge is 0.401 e. The molecule has 170 valence electrons. The van der Waals surface area contributed by atoms with Crippen LogP contribution in [0, 0.1) is 0 Å². The number of carbonyl (C=O) groups excluding carboxylic acids is 1. The van der Waals surface area contributed by atoms with Crippen LogP contribution in [0.2, 0.25) is 10.2 Å². The van der Waals surface area contributed by atoms with Gasteiger partial charge in [0.25, 0.3) is 0 Å². The third-order valence-corrected chi connectivity index (χ3v) is 5.69. The zero-order valence-electron chi connectivity index (χ0n) is 16.2. The van der Waals surface area contributed by atoms with Crippen LogP contribution in [0.15, 0.2) is 24.5 Å². The number of carbonyl (C=O) groups is 1. The van der Waals surface area contributed by atoms with Crippen LogP contribution in [0.5, 0.6) is 0 Å². The molecular weight excluding hydrogens is 476 g/mol. The summed E-state index contributed by atoms with van der Waals surface area (Å²) < 4.78 is 43.3. The summed E-state index contributed by atoms with van der Waals surface area (Å²) in [7, 11) is 0. The number of aromatic nitrogens is 4. The Labute approximate surface area is 188 Å². The van der Waals surface area contributed by atoms with Gasteiger partial charge in [-0.25, -0.2) is 14.3 Å². The van der Waals surface area contributed by atoms with Crippen molar-refractivity contribution in [2.45, 2.75) is 24.6 Å². The van der Waals surface area contributed by atoms with E-state index in [1.165, 1.54) is 12.1 Å². The second-order valence-corrected chi connectivity index (χ2v) is 8.16. The molecule has 9 nitrogen and oxygen atoms in total. The molecular formula is C18H15Cl2F3N6O3. The summed E-state index contributed by atoms with van der Waals surface area (Å²) in [6, 6.07) is 1.69. The second-order valence-electron chi connectivity index (χ2n) is 7.36. The van der Waals surface area contributed by atoms with Crippen LogP contribution in [0.4, 0.5) is 29.3 Å². The van der Waals surface area contributed by atoms with E-state index in [0.29, 0.717) is 0 Å². The van der Waals surface area contributed by atoms with E-state index in [1.54, 1.807) is 0 Å². The smallest absolute Gasteiger partial charge is 0.393 e. The van der Waals surface area contributed by atoms with E-state index in [4.69, 9.17) is 28.3 Å². The Morgan fingerprint density at radius 3 is 2.66 bits per heavy atom. The van der Waals surface area contributed by atoms with E-state index >= 15 is 0 Å². The Balaban J connectivity index is 1.72. The summed E-state index contributed by atoms with van der Waals surface area (Å²) in [6.45, 7) is -0.367. The molecule has 2 amide bonds. The molecule has 0 saturated heterocycles. The number of hydrogen-bond donors (Lipinski definition) is 3. The number of halogens is 5. The number of nitrogens with one attached hydrogen (secondary N) is 1. The lowest BCUT2D eigenvalue weighted by Crippen LogP contribution is -2.46. The first-order chi connectivity index (χ1) is 15.0. The van der Waals surface area contributed by atoms with Gasteiger partial charge in [0.05, 0.1) is 46.8 Å². The Bertz CT molecular complexity index is 1220. The monoisotopic (exact) mass is 490 g/mol. The number of fused-ring (bicyclic) bond motifs is 3. The first kappa shape index (κ1) is 22.5. The molecule has 4 heterocycles. The van der Waals surface area contributed by atoms with Gasteiger partial charge in [-0.3, -0.25) is 9.88 Å². The molecule has 0 bridgehead atoms. The zero-order chi connectivity index (χ0) is 23.4. The number of hydrogen-bond acceptors (Lipinski definition) is 6. The minimum atomic E-state index is -4.71. The molecule has 1 aliphatic rings. The molecule has 0 aromatic carbocycles. The molecule has 3 aromatic heterocycles. The Morgan fingerprint density at radius 2 is 2.03 bits per heavy atom. The highest BCUT2D eigenvalue weighted by Gasteiger charge is 2.60. The maximum Gasteiger partial charge on any atom is 0.401 e. The molecule has 32 heavy (non-hydrogen) atoms. The molecule has 0 fully saturated rings. The summed E-state index contributed by atoms with van der Waals surface area (Å²) >= 11 is 11.9. The number of aliphatic hydroxyl groups excluding tert-OH is 2. The van der Waals surface area contributed by atoms with Gasteiger partial charge >= 0.3 is 12.2 Å². The van der Waals surface area contributed by atoms with Gasteiger partial charge in [0, 0.05) is 12.6 Å². The third-order valence-electron chi connectivity index (χ3n) is 5.20. The van der Waals surface area contributed by atoms with E-state index in [1.807, 2.05) is 0 Å². The highest BCUT2D eigenvalue weighted by molar-refractivity contribution is 6.31. The fourth-order valence-electron chi connectivity index (χ4n) is 3.53. The van der Waals surface area contributed by atoms with Crippen molar-refractivity contribution in [3.05, 3.63) is 46.1 Å². The number of anilines is 2. The van der Waals surface area contributed by atoms with Crippen LogP contribution in [0.25, 0.3) is 5.65 Å². The summed E-state index contributed by atoms with van der Waals surface area (Å²) in [6.07, 6.45) is -3.71. The molecule has 4 rings (SSSR count). The average molecular weight is 491 g/mol. The van der Waals surface area contributed by atoms with E-state index < -0.39 is 36.9 Å². The van der Waals surface area contributed by atoms with E-state index in [0.717, 1.165) is 28.7 Å². The number of amides is 2. The summed E-state index contributed by atoms with van der Waals surface area (Å²) in [5, 5.41) is 24.9. The van der Waals surface area contributed by atoms with Gasteiger partial charge in [0.15, 0.2) is 10.8 Å². The molecule has 0 spiro atoms. The predicted molar refractivity (Wildman–Crippen MR) is 109 cm³/mol. The number of rotatable bonds is 3. The molecule has 3 aromatic rings. The number of pyridine rings is 1. The van der Waals surface area contributed by atoms with Crippen molar-refractivity contribution in [3.63, 3.8) is 0 Å². The van der Waals surface area contributed by atoms with E-state index in [-0.39, 0.29) is 38.6 Å². The highest BCUT2D eigenvalue weighted by atomic mass is 35.5. The van der Waals surface area contributed by atoms with Crippen LogP contribution in [0.3, 0.4) is 0 Å². The Hall–Kier alpha value is -2.67. The number of aliphatic hydroxyl groups is 2. The van der Waals surface area contributed by atoms with Crippen molar-refractivity contribution in [2.24, 2.45) is 0 Å². The molecule has 0 aliphatic carbocycles. The SMILES string of the molecule is C[C@@]1(C(F)(F)F)CN(C(=O)Nc2cnc(C(O)CO)c(Cl)c2)c2cnc3cc(Cl)nn3c21. The van der Waals surface area contributed by atoms with Gasteiger partial charge in [-0.2, -0.15) is 18.3 Å². The maximum absolute atomic E-state index is 14.1. The van der Waals surface area contributed by atoms with Gasteiger partial charge in [0.1, 0.15) is 11.5 Å². The minimum absolute atomic E-state index is 0.00881. The van der Waals surface area contributed by atoms with Crippen molar-refractivity contribution in [1.82, 2.24) is 19.6 Å². The molecule has 3 N–H and O–H groups in total. The van der Waals surface area contributed by atoms with Gasteiger partial charge < -0.3 is 15.5 Å². The molecule has 0 saturated carbocycles. The van der Waals surface area contributed by atoms with Crippen LogP contribution < -0.4 is 10.2 Å². The van der Waals surface area contributed by atoms with Crippen molar-refractivity contribution >= 4 is 46.3 Å². The summed E-state index contributed by atoms with van der Waals surface area (Å²) in [5.74, 6) is 0. The lowest BCUT2D eigenvalue weighted by molar-refractivity contribution is -0.181. The number of alkyl halides is 3. The second kappa shape index (κ2) is 7.73. The number of urea groups is 1. The van der Waals surface area contributed by atoms with Crippen molar-refractivity contribution in [3.8, 4) is 0 Å². The molecule has 1 aliphatic heterocycles. The lowest BCUT2D eigenvalue weighted by atomic mass is 9.88. The van der Waals surface area contributed by atoms with Gasteiger partial charge in [-0.05, 0) is 13.0 Å². The summed E-state index contributed by atoms with van der Waals surface area (Å²) in [4.78, 5) is 21.8. The normalized spacial score (nSPS) is 19.3. The van der Waals surface area contributed by atoms with Crippen molar-refractivity contribution in [1.29, 1.82) is 0 Å². The summed E-state index contributed by atoms with van der Waals surface area (Å²) in [5.41, 5.74) is -2.62. The standard InChI is InChI=1S/C18H15Cl2F3N6O3/c1-17(18(21,22)23)7-28(10-5-24-13-3-12(20)27-29(13)15(10)17)16(32)26-8-2-9(19)14(25-4-8)11(31)6-30/h2-5,11,30-31H,6-7H2,1H3,(H,26,32)/t11?,17-/m1/s1. The third kappa shape index (κ3) is 3.52. The van der Waals surface area contributed by atoms with Crippen LogP contribution in [0.1, 0.15) is 24.4 Å². The van der Waals surface area contributed by atoms with E-state index in [2.05, 4.69) is 20.4 Å².